The second kappa shape index (κ2) is 6.03. The Morgan fingerprint density at radius 2 is 1.85 bits per heavy atom. The van der Waals surface area contributed by atoms with Crippen molar-refractivity contribution in [2.75, 3.05) is 0 Å². The number of allylic oxidation sites excluding steroid dienone is 1. The van der Waals surface area contributed by atoms with Gasteiger partial charge in [-0.2, -0.15) is 0 Å². The van der Waals surface area contributed by atoms with Crippen LogP contribution in [0.5, 0.6) is 0 Å². The fraction of sp³-hybridized carbons (Fsp3) is 0.105. The summed E-state index contributed by atoms with van der Waals surface area (Å²) in [5.41, 5.74) is 6.58. The highest BCUT2D eigenvalue weighted by molar-refractivity contribution is 8.04. The molecule has 0 aromatic heterocycles. The Balaban J connectivity index is 1.70. The molecule has 0 bridgehead atoms. The van der Waals surface area contributed by atoms with Crippen molar-refractivity contribution >= 4 is 40.2 Å². The molecule has 26 heavy (non-hydrogen) atoms. The van der Waals surface area contributed by atoms with Crippen LogP contribution in [0.15, 0.2) is 64.7 Å². The second-order valence-electron chi connectivity index (χ2n) is 6.10. The molecular formula is C19H14N2O4S. The summed E-state index contributed by atoms with van der Waals surface area (Å²) in [6.07, 6.45) is 1.33. The van der Waals surface area contributed by atoms with Crippen molar-refractivity contribution in [3.8, 4) is 0 Å². The maximum absolute atomic E-state index is 12.9. The largest absolute Gasteiger partial charge is 0.478 e. The molecule has 0 saturated heterocycles. The van der Waals surface area contributed by atoms with Crippen LogP contribution in [0.3, 0.4) is 0 Å². The van der Waals surface area contributed by atoms with Crippen molar-refractivity contribution in [1.29, 1.82) is 0 Å². The number of carboxylic acids is 1. The van der Waals surface area contributed by atoms with Crippen molar-refractivity contribution in [2.45, 2.75) is 5.37 Å². The first-order valence-corrected chi connectivity index (χ1v) is 8.79. The van der Waals surface area contributed by atoms with E-state index in [-0.39, 0.29) is 17.1 Å². The topological polar surface area (TPSA) is 109 Å². The number of carbonyl (C=O) groups is 3. The van der Waals surface area contributed by atoms with Crippen LogP contribution in [0, 0.1) is 5.92 Å². The fourth-order valence-corrected chi connectivity index (χ4v) is 4.44. The molecule has 6 nitrogen and oxygen atoms in total. The Bertz CT molecular complexity index is 1040. The predicted molar refractivity (Wildman–Crippen MR) is 98.2 cm³/mol. The highest BCUT2D eigenvalue weighted by atomic mass is 32.2. The van der Waals surface area contributed by atoms with E-state index in [1.165, 1.54) is 6.08 Å². The molecule has 130 valence electrons. The van der Waals surface area contributed by atoms with Gasteiger partial charge >= 0.3 is 5.97 Å². The standard InChI is InChI=1S/C19H14N2O4S/c20-14-12-8-13(19(24)25)17(23)21-18(12)26-16(14)15(22)11-6-5-9-3-1-2-4-10(9)7-11/h1-8,12,18H,20H2,(H,21,23)(H,24,25). The van der Waals surface area contributed by atoms with Gasteiger partial charge in [0.25, 0.3) is 5.91 Å². The van der Waals surface area contributed by atoms with E-state index in [0.717, 1.165) is 22.5 Å². The average Bonchev–Trinajstić information content (AvgIpc) is 2.95. The van der Waals surface area contributed by atoms with Crippen LogP contribution in [-0.2, 0) is 9.59 Å². The van der Waals surface area contributed by atoms with Crippen LogP contribution >= 0.6 is 11.8 Å². The van der Waals surface area contributed by atoms with Gasteiger partial charge < -0.3 is 16.2 Å². The quantitative estimate of drug-likeness (QED) is 0.566. The third-order valence-corrected chi connectivity index (χ3v) is 5.83. The number of thioether (sulfide) groups is 1. The SMILES string of the molecule is NC1=C(C(=O)c2ccc3ccccc3c2)SC2NC(=O)C(C(=O)O)=CC12. The lowest BCUT2D eigenvalue weighted by molar-refractivity contribution is -0.135. The molecule has 7 heteroatoms. The minimum atomic E-state index is -1.31. The Labute approximate surface area is 152 Å². The number of hydrogen-bond acceptors (Lipinski definition) is 5. The van der Waals surface area contributed by atoms with Crippen LogP contribution in [0.2, 0.25) is 0 Å². The van der Waals surface area contributed by atoms with Gasteiger partial charge in [0, 0.05) is 17.2 Å². The summed E-state index contributed by atoms with van der Waals surface area (Å²) in [7, 11) is 0. The highest BCUT2D eigenvalue weighted by Crippen LogP contribution is 2.43. The van der Waals surface area contributed by atoms with E-state index >= 15 is 0 Å². The molecular weight excluding hydrogens is 352 g/mol. The average molecular weight is 366 g/mol. The summed E-state index contributed by atoms with van der Waals surface area (Å²) in [5.74, 6) is -2.72. The van der Waals surface area contributed by atoms with Gasteiger partial charge in [-0.3, -0.25) is 9.59 Å². The van der Waals surface area contributed by atoms with Crippen LogP contribution in [0.1, 0.15) is 10.4 Å². The van der Waals surface area contributed by atoms with E-state index in [4.69, 9.17) is 10.8 Å². The van der Waals surface area contributed by atoms with Crippen molar-refractivity contribution in [1.82, 2.24) is 5.32 Å². The number of carboxylic acid groups (broad SMARTS) is 1. The van der Waals surface area contributed by atoms with E-state index in [9.17, 15) is 14.4 Å². The molecule has 2 aromatic rings. The van der Waals surface area contributed by atoms with Gasteiger partial charge in [0.15, 0.2) is 0 Å². The lowest BCUT2D eigenvalue weighted by atomic mass is 9.96. The number of aliphatic carboxylic acids is 1. The fourth-order valence-electron chi connectivity index (χ4n) is 3.16. The molecule has 0 aliphatic carbocycles. The number of benzene rings is 2. The van der Waals surface area contributed by atoms with Gasteiger partial charge in [-0.25, -0.2) is 4.79 Å². The number of nitrogens with two attached hydrogens (primary N) is 1. The Hall–Kier alpha value is -3.06. The second-order valence-corrected chi connectivity index (χ2v) is 7.25. The van der Waals surface area contributed by atoms with Gasteiger partial charge in [-0.15, -0.1) is 0 Å². The summed E-state index contributed by atoms with van der Waals surface area (Å²) in [6, 6.07) is 13.1. The minimum Gasteiger partial charge on any atom is -0.478 e. The Morgan fingerprint density at radius 1 is 1.12 bits per heavy atom. The summed E-state index contributed by atoms with van der Waals surface area (Å²) >= 11 is 1.16. The number of hydrogen-bond donors (Lipinski definition) is 3. The molecule has 4 rings (SSSR count). The van der Waals surface area contributed by atoms with E-state index in [1.807, 2.05) is 30.3 Å². The maximum Gasteiger partial charge on any atom is 0.341 e. The number of ketones is 1. The van der Waals surface area contributed by atoms with Gasteiger partial charge in [-0.05, 0) is 16.8 Å². The number of fused-ring (bicyclic) bond motifs is 2. The van der Waals surface area contributed by atoms with E-state index < -0.39 is 23.2 Å². The van der Waals surface area contributed by atoms with E-state index in [0.29, 0.717) is 10.5 Å². The monoisotopic (exact) mass is 366 g/mol. The summed E-state index contributed by atoms with van der Waals surface area (Å²) in [4.78, 5) is 36.3. The molecule has 0 radical (unpaired) electrons. The van der Waals surface area contributed by atoms with Crippen molar-refractivity contribution in [3.05, 3.63) is 70.3 Å². The first-order chi connectivity index (χ1) is 12.5. The molecule has 4 N–H and O–H groups in total. The van der Waals surface area contributed by atoms with E-state index in [1.54, 1.807) is 12.1 Å². The zero-order chi connectivity index (χ0) is 18.4. The zero-order valence-electron chi connectivity index (χ0n) is 13.4. The van der Waals surface area contributed by atoms with Gasteiger partial charge in [0.2, 0.25) is 5.78 Å². The minimum absolute atomic E-state index is 0.229. The molecule has 2 aromatic carbocycles. The molecule has 1 amide bonds. The number of amides is 1. The predicted octanol–water partition coefficient (Wildman–Crippen LogP) is 2.02. The Kier molecular flexibility index (Phi) is 3.81. The van der Waals surface area contributed by atoms with Crippen molar-refractivity contribution in [2.24, 2.45) is 11.7 Å². The molecule has 0 saturated carbocycles. The normalized spacial score (nSPS) is 22.0. The zero-order valence-corrected chi connectivity index (χ0v) is 14.2. The number of nitrogens with one attached hydrogen (secondary N) is 1. The lowest BCUT2D eigenvalue weighted by Gasteiger charge is -2.23. The van der Waals surface area contributed by atoms with Crippen molar-refractivity contribution < 1.29 is 19.5 Å². The third-order valence-electron chi connectivity index (χ3n) is 4.50. The molecule has 2 aliphatic heterocycles. The number of carbonyl (C=O) groups excluding carboxylic acids is 2. The molecule has 2 aliphatic rings. The van der Waals surface area contributed by atoms with Crippen molar-refractivity contribution in [3.63, 3.8) is 0 Å². The molecule has 2 heterocycles. The van der Waals surface area contributed by atoms with Crippen LogP contribution in [0.25, 0.3) is 10.8 Å². The number of rotatable bonds is 3. The van der Waals surface area contributed by atoms with Crippen LogP contribution < -0.4 is 11.1 Å². The van der Waals surface area contributed by atoms with Crippen LogP contribution in [-0.4, -0.2) is 28.1 Å². The molecule has 0 spiro atoms. The third kappa shape index (κ3) is 2.57. The lowest BCUT2D eigenvalue weighted by Crippen LogP contribution is -2.43. The molecule has 2 atom stereocenters. The molecule has 0 fully saturated rings. The maximum atomic E-state index is 12.9. The molecule has 2 unspecified atom stereocenters. The van der Waals surface area contributed by atoms with Gasteiger partial charge in [0.05, 0.1) is 10.3 Å². The number of Topliss-reactive ketones (excluding diaryl/α,β-unsaturated/α-hetero) is 1. The highest BCUT2D eigenvalue weighted by Gasteiger charge is 2.41. The van der Waals surface area contributed by atoms with Crippen LogP contribution in [0.4, 0.5) is 0 Å². The van der Waals surface area contributed by atoms with Gasteiger partial charge in [0.1, 0.15) is 5.57 Å². The first-order valence-electron chi connectivity index (χ1n) is 7.91. The summed E-state index contributed by atoms with van der Waals surface area (Å²) < 4.78 is 0. The summed E-state index contributed by atoms with van der Waals surface area (Å²) in [6.45, 7) is 0. The van der Waals surface area contributed by atoms with Gasteiger partial charge in [-0.1, -0.05) is 54.2 Å². The summed E-state index contributed by atoms with van der Waals surface area (Å²) in [5, 5.41) is 13.2. The Morgan fingerprint density at radius 3 is 2.58 bits per heavy atom. The van der Waals surface area contributed by atoms with E-state index in [2.05, 4.69) is 5.32 Å². The first kappa shape index (κ1) is 16.4. The smallest absolute Gasteiger partial charge is 0.341 e.